The fraction of sp³-hybridized carbons (Fsp3) is 0.429. The monoisotopic (exact) mass is 354 g/mol. The normalized spacial score (nSPS) is 18.4. The van der Waals surface area contributed by atoms with E-state index in [9.17, 15) is 9.59 Å². The number of fused-ring (bicyclic) bond motifs is 1. The summed E-state index contributed by atoms with van der Waals surface area (Å²) in [6, 6.07) is 15.0. The zero-order valence-electron chi connectivity index (χ0n) is 15.2. The molecule has 1 heterocycles. The Hall–Kier alpha value is -2.40. The van der Waals surface area contributed by atoms with E-state index in [1.54, 1.807) is 0 Å². The Morgan fingerprint density at radius 3 is 2.62 bits per heavy atom. The van der Waals surface area contributed by atoms with Crippen LogP contribution in [0.1, 0.15) is 31.7 Å². The van der Waals surface area contributed by atoms with Crippen LogP contribution in [0.15, 0.2) is 42.5 Å². The first-order valence-electron chi connectivity index (χ1n) is 9.22. The molecule has 1 amide bonds. The summed E-state index contributed by atoms with van der Waals surface area (Å²) in [6.07, 6.45) is 2.66. The molecular weight excluding hydrogens is 328 g/mol. The van der Waals surface area contributed by atoms with Gasteiger partial charge in [-0.25, -0.2) is 0 Å². The standard InChI is InChI=1S/C21H26N2O3/c1-16(24)23(15-21(25)26)20-7-4-11-22(12-10-20)14-17-8-9-18-5-2-3-6-19(18)13-17/h2-3,5-6,8-9,13,20H,4,7,10-12,14-15H2,1H3,(H,25,26)/t20-/m0/s1. The number of rotatable bonds is 5. The Balaban J connectivity index is 1.64. The Bertz CT molecular complexity index is 790. The van der Waals surface area contributed by atoms with Crippen LogP contribution in [-0.2, 0) is 16.1 Å². The molecule has 1 aliphatic heterocycles. The molecule has 0 bridgehead atoms. The van der Waals surface area contributed by atoms with Gasteiger partial charge in [-0.05, 0) is 48.2 Å². The van der Waals surface area contributed by atoms with Crippen molar-refractivity contribution < 1.29 is 14.7 Å². The van der Waals surface area contributed by atoms with Gasteiger partial charge in [0, 0.05) is 26.1 Å². The van der Waals surface area contributed by atoms with Crippen molar-refractivity contribution in [3.63, 3.8) is 0 Å². The van der Waals surface area contributed by atoms with Gasteiger partial charge in [0.15, 0.2) is 0 Å². The number of benzene rings is 2. The molecule has 0 spiro atoms. The maximum atomic E-state index is 11.8. The van der Waals surface area contributed by atoms with E-state index in [1.807, 2.05) is 0 Å². The number of carboxylic acids is 1. The molecule has 1 N–H and O–H groups in total. The molecule has 2 aromatic carbocycles. The van der Waals surface area contributed by atoms with Crippen LogP contribution in [-0.4, -0.2) is 52.5 Å². The first-order chi connectivity index (χ1) is 12.5. The zero-order valence-corrected chi connectivity index (χ0v) is 15.2. The first-order valence-corrected chi connectivity index (χ1v) is 9.22. The molecule has 2 aromatic rings. The summed E-state index contributed by atoms with van der Waals surface area (Å²) in [4.78, 5) is 26.8. The summed E-state index contributed by atoms with van der Waals surface area (Å²) >= 11 is 0. The van der Waals surface area contributed by atoms with Crippen LogP contribution in [0.5, 0.6) is 0 Å². The second-order valence-corrected chi connectivity index (χ2v) is 7.08. The molecule has 1 aliphatic rings. The summed E-state index contributed by atoms with van der Waals surface area (Å²) < 4.78 is 0. The van der Waals surface area contributed by atoms with Gasteiger partial charge >= 0.3 is 5.97 Å². The third-order valence-corrected chi connectivity index (χ3v) is 5.16. The van der Waals surface area contributed by atoms with Crippen molar-refractivity contribution in [2.75, 3.05) is 19.6 Å². The summed E-state index contributed by atoms with van der Waals surface area (Å²) in [6.45, 7) is 3.99. The first kappa shape index (κ1) is 18.4. The van der Waals surface area contributed by atoms with Crippen LogP contribution in [0.3, 0.4) is 0 Å². The van der Waals surface area contributed by atoms with Gasteiger partial charge in [0.05, 0.1) is 0 Å². The second-order valence-electron chi connectivity index (χ2n) is 7.08. The Morgan fingerprint density at radius 2 is 1.88 bits per heavy atom. The van der Waals surface area contributed by atoms with Crippen molar-refractivity contribution in [2.45, 2.75) is 38.8 Å². The van der Waals surface area contributed by atoms with Crippen LogP contribution in [0.25, 0.3) is 10.8 Å². The van der Waals surface area contributed by atoms with Crippen molar-refractivity contribution in [2.24, 2.45) is 0 Å². The SMILES string of the molecule is CC(=O)N(CC(=O)O)[C@H]1CCCN(Cc2ccc3ccccc3c2)CC1. The molecule has 0 radical (unpaired) electrons. The Kier molecular flexibility index (Phi) is 5.89. The minimum Gasteiger partial charge on any atom is -0.480 e. The van der Waals surface area contributed by atoms with Gasteiger partial charge in [0.1, 0.15) is 6.54 Å². The van der Waals surface area contributed by atoms with Crippen LogP contribution in [0, 0.1) is 0 Å². The number of hydrogen-bond acceptors (Lipinski definition) is 3. The lowest BCUT2D eigenvalue weighted by Gasteiger charge is -2.29. The quantitative estimate of drug-likeness (QED) is 0.896. The molecule has 0 aromatic heterocycles. The highest BCUT2D eigenvalue weighted by Crippen LogP contribution is 2.21. The van der Waals surface area contributed by atoms with Crippen molar-refractivity contribution in [3.8, 4) is 0 Å². The largest absolute Gasteiger partial charge is 0.480 e. The molecule has 138 valence electrons. The van der Waals surface area contributed by atoms with E-state index < -0.39 is 5.97 Å². The van der Waals surface area contributed by atoms with Gasteiger partial charge in [-0.15, -0.1) is 0 Å². The molecule has 5 heteroatoms. The maximum Gasteiger partial charge on any atom is 0.323 e. The van der Waals surface area contributed by atoms with Crippen LogP contribution in [0.4, 0.5) is 0 Å². The minimum absolute atomic E-state index is 0.0187. The van der Waals surface area contributed by atoms with Gasteiger partial charge in [-0.3, -0.25) is 14.5 Å². The van der Waals surface area contributed by atoms with Gasteiger partial charge in [0.25, 0.3) is 0 Å². The molecule has 1 saturated heterocycles. The molecule has 3 rings (SSSR count). The number of aliphatic carboxylic acids is 1. The zero-order chi connectivity index (χ0) is 18.5. The van der Waals surface area contributed by atoms with Crippen molar-refractivity contribution in [1.82, 2.24) is 9.80 Å². The molecule has 1 fully saturated rings. The average molecular weight is 354 g/mol. The molecule has 0 unspecified atom stereocenters. The summed E-state index contributed by atoms with van der Waals surface area (Å²) in [5, 5.41) is 11.6. The Labute approximate surface area is 154 Å². The maximum absolute atomic E-state index is 11.8. The molecule has 0 aliphatic carbocycles. The lowest BCUT2D eigenvalue weighted by Crippen LogP contribution is -2.42. The molecule has 0 saturated carbocycles. The number of hydrogen-bond donors (Lipinski definition) is 1. The van der Waals surface area contributed by atoms with Crippen molar-refractivity contribution in [1.29, 1.82) is 0 Å². The predicted octanol–water partition coefficient (Wildman–Crippen LogP) is 3.13. The van der Waals surface area contributed by atoms with Crippen molar-refractivity contribution >= 4 is 22.6 Å². The van der Waals surface area contributed by atoms with Crippen LogP contribution >= 0.6 is 0 Å². The number of carbonyl (C=O) groups excluding carboxylic acids is 1. The highest BCUT2D eigenvalue weighted by atomic mass is 16.4. The van der Waals surface area contributed by atoms with E-state index >= 15 is 0 Å². The van der Waals surface area contributed by atoms with E-state index in [2.05, 4.69) is 47.4 Å². The third-order valence-electron chi connectivity index (χ3n) is 5.16. The Morgan fingerprint density at radius 1 is 1.12 bits per heavy atom. The summed E-state index contributed by atoms with van der Waals surface area (Å²) in [5.74, 6) is -1.10. The number of amides is 1. The molecule has 26 heavy (non-hydrogen) atoms. The third kappa shape index (κ3) is 4.61. The fourth-order valence-electron chi connectivity index (χ4n) is 3.85. The van der Waals surface area contributed by atoms with Gasteiger partial charge in [-0.1, -0.05) is 36.4 Å². The highest BCUT2D eigenvalue weighted by Gasteiger charge is 2.26. The van der Waals surface area contributed by atoms with Gasteiger partial charge in [-0.2, -0.15) is 0 Å². The van der Waals surface area contributed by atoms with Gasteiger partial charge < -0.3 is 10.0 Å². The predicted molar refractivity (Wildman–Crippen MR) is 102 cm³/mol. The fourth-order valence-corrected chi connectivity index (χ4v) is 3.85. The molecule has 5 nitrogen and oxygen atoms in total. The van der Waals surface area contributed by atoms with Crippen LogP contribution in [0.2, 0.25) is 0 Å². The number of carbonyl (C=O) groups is 2. The van der Waals surface area contributed by atoms with Crippen LogP contribution < -0.4 is 0 Å². The average Bonchev–Trinajstić information content (AvgIpc) is 2.85. The molecule has 1 atom stereocenters. The summed E-state index contributed by atoms with van der Waals surface area (Å²) in [5.41, 5.74) is 1.29. The highest BCUT2D eigenvalue weighted by molar-refractivity contribution is 5.83. The number of carboxylic acid groups (broad SMARTS) is 1. The van der Waals surface area contributed by atoms with E-state index in [0.717, 1.165) is 38.9 Å². The van der Waals surface area contributed by atoms with Crippen molar-refractivity contribution in [3.05, 3.63) is 48.0 Å². The van der Waals surface area contributed by atoms with E-state index in [0.29, 0.717) is 0 Å². The molecular formula is C21H26N2O3. The minimum atomic E-state index is -0.947. The number of nitrogens with zero attached hydrogens (tertiary/aromatic N) is 2. The van der Waals surface area contributed by atoms with E-state index in [-0.39, 0.29) is 18.5 Å². The van der Waals surface area contributed by atoms with E-state index in [1.165, 1.54) is 28.2 Å². The lowest BCUT2D eigenvalue weighted by molar-refractivity contribution is -0.145. The second kappa shape index (κ2) is 8.32. The topological polar surface area (TPSA) is 60.9 Å². The number of likely N-dealkylation sites (tertiary alicyclic amines) is 1. The van der Waals surface area contributed by atoms with E-state index in [4.69, 9.17) is 5.11 Å². The smallest absolute Gasteiger partial charge is 0.323 e. The lowest BCUT2D eigenvalue weighted by atomic mass is 10.1. The van der Waals surface area contributed by atoms with Gasteiger partial charge in [0.2, 0.25) is 5.91 Å². The summed E-state index contributed by atoms with van der Waals surface area (Å²) in [7, 11) is 0.